The molecule has 0 aliphatic rings. The molecule has 2 nitrogen and oxygen atoms in total. The molecule has 0 amide bonds. The lowest BCUT2D eigenvalue weighted by atomic mass is 9.88. The zero-order chi connectivity index (χ0) is 11.0. The lowest BCUT2D eigenvalue weighted by Gasteiger charge is -2.20. The second-order valence-corrected chi connectivity index (χ2v) is 5.09. The fraction of sp³-hybridized carbons (Fsp3) is 1.00. The van der Waals surface area contributed by atoms with Crippen molar-refractivity contribution in [2.45, 2.75) is 59.5 Å². The maximum atomic E-state index is 9.66. The molecule has 0 saturated heterocycles. The first-order valence-electron chi connectivity index (χ1n) is 5.71. The SMILES string of the molecule is CCOCCCC(O)CCC(C)(C)C. The molecule has 0 radical (unpaired) electrons. The van der Waals surface area contributed by atoms with E-state index in [4.69, 9.17) is 4.74 Å². The number of ether oxygens (including phenoxy) is 1. The van der Waals surface area contributed by atoms with Crippen LogP contribution < -0.4 is 0 Å². The van der Waals surface area contributed by atoms with Crippen LogP contribution in [0, 0.1) is 5.41 Å². The smallest absolute Gasteiger partial charge is 0.0541 e. The van der Waals surface area contributed by atoms with Gasteiger partial charge in [-0.25, -0.2) is 0 Å². The van der Waals surface area contributed by atoms with Crippen LogP contribution in [0.5, 0.6) is 0 Å². The summed E-state index contributed by atoms with van der Waals surface area (Å²) in [7, 11) is 0. The van der Waals surface area contributed by atoms with E-state index >= 15 is 0 Å². The van der Waals surface area contributed by atoms with Crippen molar-refractivity contribution < 1.29 is 9.84 Å². The van der Waals surface area contributed by atoms with Crippen molar-refractivity contribution in [1.82, 2.24) is 0 Å². The zero-order valence-electron chi connectivity index (χ0n) is 10.2. The molecular weight excluding hydrogens is 176 g/mol. The normalized spacial score (nSPS) is 14.4. The highest BCUT2D eigenvalue weighted by Crippen LogP contribution is 2.22. The fourth-order valence-corrected chi connectivity index (χ4v) is 1.31. The highest BCUT2D eigenvalue weighted by Gasteiger charge is 2.13. The van der Waals surface area contributed by atoms with Gasteiger partial charge in [0.05, 0.1) is 6.10 Å². The minimum Gasteiger partial charge on any atom is -0.393 e. The number of hydrogen-bond acceptors (Lipinski definition) is 2. The maximum absolute atomic E-state index is 9.66. The Morgan fingerprint density at radius 1 is 1.21 bits per heavy atom. The van der Waals surface area contributed by atoms with Gasteiger partial charge in [0.2, 0.25) is 0 Å². The number of hydrogen-bond donors (Lipinski definition) is 1. The third-order valence-corrected chi connectivity index (χ3v) is 2.26. The van der Waals surface area contributed by atoms with E-state index in [2.05, 4.69) is 20.8 Å². The van der Waals surface area contributed by atoms with E-state index in [1.807, 2.05) is 6.92 Å². The van der Waals surface area contributed by atoms with Crippen LogP contribution in [0.3, 0.4) is 0 Å². The molecule has 0 rings (SSSR count). The van der Waals surface area contributed by atoms with Gasteiger partial charge in [0.15, 0.2) is 0 Å². The van der Waals surface area contributed by atoms with Crippen molar-refractivity contribution in [3.8, 4) is 0 Å². The molecule has 86 valence electrons. The standard InChI is InChI=1S/C12H26O2/c1-5-14-10-6-7-11(13)8-9-12(2,3)4/h11,13H,5-10H2,1-4H3. The summed E-state index contributed by atoms with van der Waals surface area (Å²) in [5.74, 6) is 0. The van der Waals surface area contributed by atoms with Crippen LogP contribution in [0.1, 0.15) is 53.4 Å². The van der Waals surface area contributed by atoms with Gasteiger partial charge in [-0.05, 0) is 38.0 Å². The van der Waals surface area contributed by atoms with E-state index in [1.54, 1.807) is 0 Å². The summed E-state index contributed by atoms with van der Waals surface area (Å²) < 4.78 is 5.22. The first kappa shape index (κ1) is 13.9. The molecule has 0 aromatic carbocycles. The van der Waals surface area contributed by atoms with E-state index in [0.29, 0.717) is 5.41 Å². The van der Waals surface area contributed by atoms with Gasteiger partial charge in [-0.1, -0.05) is 20.8 Å². The van der Waals surface area contributed by atoms with E-state index in [1.165, 1.54) is 0 Å². The second-order valence-electron chi connectivity index (χ2n) is 5.09. The third-order valence-electron chi connectivity index (χ3n) is 2.26. The van der Waals surface area contributed by atoms with Crippen LogP contribution in [0.2, 0.25) is 0 Å². The van der Waals surface area contributed by atoms with Crippen LogP contribution in [0.15, 0.2) is 0 Å². The first-order chi connectivity index (χ1) is 6.45. The lowest BCUT2D eigenvalue weighted by Crippen LogP contribution is -2.13. The van der Waals surface area contributed by atoms with Gasteiger partial charge in [-0.2, -0.15) is 0 Å². The molecule has 0 bridgehead atoms. The summed E-state index contributed by atoms with van der Waals surface area (Å²) in [5.41, 5.74) is 0.334. The molecule has 0 spiro atoms. The molecule has 0 aliphatic carbocycles. The Bertz CT molecular complexity index is 127. The molecule has 0 aromatic rings. The third kappa shape index (κ3) is 10.0. The van der Waals surface area contributed by atoms with E-state index in [-0.39, 0.29) is 6.10 Å². The molecule has 0 aliphatic heterocycles. The van der Waals surface area contributed by atoms with Gasteiger partial charge < -0.3 is 9.84 Å². The Morgan fingerprint density at radius 3 is 2.36 bits per heavy atom. The van der Waals surface area contributed by atoms with Gasteiger partial charge >= 0.3 is 0 Å². The summed E-state index contributed by atoms with van der Waals surface area (Å²) in [6.07, 6.45) is 3.70. The van der Waals surface area contributed by atoms with Crippen molar-refractivity contribution in [1.29, 1.82) is 0 Å². The summed E-state index contributed by atoms with van der Waals surface area (Å²) in [6.45, 7) is 10.2. The van der Waals surface area contributed by atoms with Gasteiger partial charge in [-0.3, -0.25) is 0 Å². The number of aliphatic hydroxyl groups is 1. The highest BCUT2D eigenvalue weighted by atomic mass is 16.5. The van der Waals surface area contributed by atoms with Crippen LogP contribution in [-0.2, 0) is 4.74 Å². The monoisotopic (exact) mass is 202 g/mol. The summed E-state index contributed by atoms with van der Waals surface area (Å²) in [6, 6.07) is 0. The first-order valence-corrected chi connectivity index (χ1v) is 5.71. The highest BCUT2D eigenvalue weighted by molar-refractivity contribution is 4.65. The average molecular weight is 202 g/mol. The lowest BCUT2D eigenvalue weighted by molar-refractivity contribution is 0.103. The van der Waals surface area contributed by atoms with Crippen molar-refractivity contribution in [2.75, 3.05) is 13.2 Å². The Labute approximate surface area is 88.7 Å². The Morgan fingerprint density at radius 2 is 1.86 bits per heavy atom. The molecule has 2 heteroatoms. The number of rotatable bonds is 7. The average Bonchev–Trinajstić information content (AvgIpc) is 2.08. The van der Waals surface area contributed by atoms with Crippen molar-refractivity contribution in [3.05, 3.63) is 0 Å². The maximum Gasteiger partial charge on any atom is 0.0541 e. The van der Waals surface area contributed by atoms with Gasteiger partial charge in [0.25, 0.3) is 0 Å². The summed E-state index contributed by atoms with van der Waals surface area (Å²) in [5, 5.41) is 9.66. The Hall–Kier alpha value is -0.0800. The van der Waals surface area contributed by atoms with Gasteiger partial charge in [-0.15, -0.1) is 0 Å². The topological polar surface area (TPSA) is 29.5 Å². The molecular formula is C12H26O2. The molecule has 0 fully saturated rings. The zero-order valence-corrected chi connectivity index (χ0v) is 10.2. The van der Waals surface area contributed by atoms with Crippen LogP contribution >= 0.6 is 0 Å². The quantitative estimate of drug-likeness (QED) is 0.643. The molecule has 1 unspecified atom stereocenters. The molecule has 1 N–H and O–H groups in total. The van der Waals surface area contributed by atoms with Crippen LogP contribution in [-0.4, -0.2) is 24.4 Å². The molecule has 14 heavy (non-hydrogen) atoms. The van der Waals surface area contributed by atoms with Crippen LogP contribution in [0.25, 0.3) is 0 Å². The molecule has 0 heterocycles. The largest absolute Gasteiger partial charge is 0.393 e. The predicted octanol–water partition coefficient (Wildman–Crippen LogP) is 2.99. The predicted molar refractivity (Wildman–Crippen MR) is 60.4 cm³/mol. The Kier molecular flexibility index (Phi) is 7.20. The minimum absolute atomic E-state index is 0.144. The van der Waals surface area contributed by atoms with E-state index in [0.717, 1.165) is 38.9 Å². The summed E-state index contributed by atoms with van der Waals surface area (Å²) in [4.78, 5) is 0. The van der Waals surface area contributed by atoms with E-state index in [9.17, 15) is 5.11 Å². The minimum atomic E-state index is -0.144. The van der Waals surface area contributed by atoms with Crippen LogP contribution in [0.4, 0.5) is 0 Å². The fourth-order valence-electron chi connectivity index (χ4n) is 1.31. The number of aliphatic hydroxyl groups excluding tert-OH is 1. The van der Waals surface area contributed by atoms with Crippen molar-refractivity contribution >= 4 is 0 Å². The van der Waals surface area contributed by atoms with Crippen molar-refractivity contribution in [3.63, 3.8) is 0 Å². The second kappa shape index (κ2) is 7.24. The molecule has 0 aromatic heterocycles. The summed E-state index contributed by atoms with van der Waals surface area (Å²) >= 11 is 0. The van der Waals surface area contributed by atoms with Crippen molar-refractivity contribution in [2.24, 2.45) is 5.41 Å². The van der Waals surface area contributed by atoms with Gasteiger partial charge in [0.1, 0.15) is 0 Å². The molecule has 0 saturated carbocycles. The Balaban J connectivity index is 3.32. The molecule has 1 atom stereocenters. The van der Waals surface area contributed by atoms with Gasteiger partial charge in [0, 0.05) is 13.2 Å². The van der Waals surface area contributed by atoms with E-state index < -0.39 is 0 Å².